The molecule has 9 nitrogen and oxygen atoms in total. The molecule has 2 heterocycles. The van der Waals surface area contributed by atoms with Gasteiger partial charge in [0.25, 0.3) is 0 Å². The molecule has 4 atom stereocenters. The molecular weight excluding hydrogens is 478 g/mol. The number of carbonyl (C=O) groups excluding carboxylic acids is 3. The second-order valence-electron chi connectivity index (χ2n) is 10.4. The number of rotatable bonds is 8. The van der Waals surface area contributed by atoms with Gasteiger partial charge in [0.15, 0.2) is 0 Å². The first-order valence-electron chi connectivity index (χ1n) is 12.2. The Morgan fingerprint density at radius 2 is 1.89 bits per heavy atom. The minimum absolute atomic E-state index is 0.0353. The van der Waals surface area contributed by atoms with Crippen molar-refractivity contribution in [1.29, 1.82) is 0 Å². The molecule has 1 aromatic carbocycles. The summed E-state index contributed by atoms with van der Waals surface area (Å²) in [7, 11) is 0. The van der Waals surface area contributed by atoms with Crippen molar-refractivity contribution in [2.24, 2.45) is 11.1 Å². The second-order valence-corrected chi connectivity index (χ2v) is 11.3. The van der Waals surface area contributed by atoms with Crippen LogP contribution in [0.3, 0.4) is 0 Å². The Morgan fingerprint density at radius 3 is 2.44 bits per heavy atom. The number of thiazole rings is 1. The molecule has 0 bridgehead atoms. The minimum atomic E-state index is -0.850. The van der Waals surface area contributed by atoms with E-state index in [1.807, 2.05) is 64.4 Å². The summed E-state index contributed by atoms with van der Waals surface area (Å²) in [6.45, 7) is 9.60. The van der Waals surface area contributed by atoms with E-state index in [1.54, 1.807) is 11.3 Å². The maximum absolute atomic E-state index is 13.5. The van der Waals surface area contributed by atoms with Gasteiger partial charge in [-0.25, -0.2) is 4.98 Å². The SMILES string of the molecule is Cc1ncsc1-c1ccc(C(C)NC(=O)C2CC(O)CN2C(=O)C(NC(=O)CCN)C(C)(C)C)cc1. The van der Waals surface area contributed by atoms with E-state index < -0.39 is 23.6 Å². The fraction of sp³-hybridized carbons (Fsp3) is 0.538. The topological polar surface area (TPSA) is 138 Å². The van der Waals surface area contributed by atoms with E-state index in [1.165, 1.54) is 4.90 Å². The number of aryl methyl sites for hydroxylation is 1. The highest BCUT2D eigenvalue weighted by atomic mass is 32.1. The smallest absolute Gasteiger partial charge is 0.246 e. The highest BCUT2D eigenvalue weighted by Crippen LogP contribution is 2.29. The molecule has 0 aliphatic carbocycles. The normalized spacial score (nSPS) is 19.6. The Labute approximate surface area is 216 Å². The van der Waals surface area contributed by atoms with Gasteiger partial charge in [-0.2, -0.15) is 0 Å². The lowest BCUT2D eigenvalue weighted by molar-refractivity contribution is -0.144. The van der Waals surface area contributed by atoms with E-state index in [2.05, 4.69) is 15.6 Å². The summed E-state index contributed by atoms with van der Waals surface area (Å²) in [6, 6.07) is 5.97. The van der Waals surface area contributed by atoms with Gasteiger partial charge in [-0.1, -0.05) is 45.0 Å². The van der Waals surface area contributed by atoms with Crippen LogP contribution in [0.5, 0.6) is 0 Å². The lowest BCUT2D eigenvalue weighted by atomic mass is 9.85. The van der Waals surface area contributed by atoms with E-state index in [-0.39, 0.29) is 49.7 Å². The van der Waals surface area contributed by atoms with Gasteiger partial charge >= 0.3 is 0 Å². The van der Waals surface area contributed by atoms with Crippen molar-refractivity contribution in [2.75, 3.05) is 13.1 Å². The number of nitrogens with two attached hydrogens (primary N) is 1. The summed E-state index contributed by atoms with van der Waals surface area (Å²) in [5, 5.41) is 16.1. The van der Waals surface area contributed by atoms with Crippen LogP contribution in [-0.4, -0.2) is 64.0 Å². The second kappa shape index (κ2) is 11.5. The first-order chi connectivity index (χ1) is 16.9. The lowest BCUT2D eigenvalue weighted by Gasteiger charge is -2.35. The van der Waals surface area contributed by atoms with Gasteiger partial charge in [0.2, 0.25) is 17.7 Å². The minimum Gasteiger partial charge on any atom is -0.391 e. The molecule has 196 valence electrons. The van der Waals surface area contributed by atoms with Crippen molar-refractivity contribution in [3.05, 3.63) is 41.0 Å². The molecule has 0 radical (unpaired) electrons. The largest absolute Gasteiger partial charge is 0.391 e. The number of amides is 3. The molecule has 3 rings (SSSR count). The van der Waals surface area contributed by atoms with Crippen LogP contribution in [-0.2, 0) is 14.4 Å². The van der Waals surface area contributed by atoms with Gasteiger partial charge in [-0.3, -0.25) is 14.4 Å². The zero-order chi connectivity index (χ0) is 26.6. The van der Waals surface area contributed by atoms with E-state index in [4.69, 9.17) is 5.73 Å². The van der Waals surface area contributed by atoms with Gasteiger partial charge in [-0.05, 0) is 30.4 Å². The Morgan fingerprint density at radius 1 is 1.22 bits per heavy atom. The molecule has 0 spiro atoms. The third-order valence-corrected chi connectivity index (χ3v) is 7.41. The van der Waals surface area contributed by atoms with Crippen molar-refractivity contribution in [1.82, 2.24) is 20.5 Å². The van der Waals surface area contributed by atoms with Gasteiger partial charge in [-0.15, -0.1) is 11.3 Å². The monoisotopic (exact) mass is 515 g/mol. The molecular formula is C26H37N5O4S. The van der Waals surface area contributed by atoms with Crippen LogP contribution in [0, 0.1) is 12.3 Å². The van der Waals surface area contributed by atoms with Crippen molar-refractivity contribution >= 4 is 29.1 Å². The number of hydrogen-bond acceptors (Lipinski definition) is 7. The number of aliphatic hydroxyl groups is 1. The molecule has 1 saturated heterocycles. The number of nitrogens with zero attached hydrogens (tertiary/aromatic N) is 2. The molecule has 1 aliphatic rings. The third kappa shape index (κ3) is 6.48. The summed E-state index contributed by atoms with van der Waals surface area (Å²) in [4.78, 5) is 45.8. The molecule has 5 N–H and O–H groups in total. The number of aliphatic hydroxyl groups excluding tert-OH is 1. The van der Waals surface area contributed by atoms with Gasteiger partial charge in [0.1, 0.15) is 12.1 Å². The Bertz CT molecular complexity index is 1080. The highest BCUT2D eigenvalue weighted by Gasteiger charge is 2.44. The molecule has 3 amide bonds. The summed E-state index contributed by atoms with van der Waals surface area (Å²) >= 11 is 1.58. The first kappa shape index (κ1) is 27.8. The molecule has 2 aromatic rings. The molecule has 0 saturated carbocycles. The molecule has 4 unspecified atom stereocenters. The number of benzene rings is 1. The van der Waals surface area contributed by atoms with E-state index in [0.717, 1.165) is 21.7 Å². The molecule has 1 aromatic heterocycles. The number of hydrogen-bond donors (Lipinski definition) is 4. The van der Waals surface area contributed by atoms with E-state index in [0.29, 0.717) is 0 Å². The molecule has 1 fully saturated rings. The van der Waals surface area contributed by atoms with Crippen LogP contribution in [0.15, 0.2) is 29.8 Å². The molecule has 36 heavy (non-hydrogen) atoms. The molecule has 10 heteroatoms. The Balaban J connectivity index is 1.72. The number of carbonyl (C=O) groups is 3. The van der Waals surface area contributed by atoms with Crippen molar-refractivity contribution < 1.29 is 19.5 Å². The van der Waals surface area contributed by atoms with Gasteiger partial charge < -0.3 is 26.4 Å². The van der Waals surface area contributed by atoms with Gasteiger partial charge in [0.05, 0.1) is 28.2 Å². The standard InChI is InChI=1S/C26H37N5O4S/c1-15(17-6-8-18(9-7-17)22-16(2)28-14-36-22)29-24(34)20-12-19(32)13-31(20)25(35)23(26(3,4)5)30-21(33)10-11-27/h6-9,14-15,19-20,23,32H,10-13,27H2,1-5H3,(H,29,34)(H,30,33). The number of nitrogens with one attached hydrogen (secondary N) is 2. The summed E-state index contributed by atoms with van der Waals surface area (Å²) in [5.41, 5.74) is 9.67. The van der Waals surface area contributed by atoms with Crippen molar-refractivity contribution in [3.8, 4) is 10.4 Å². The fourth-order valence-electron chi connectivity index (χ4n) is 4.38. The summed E-state index contributed by atoms with van der Waals surface area (Å²) in [5.74, 6) is -1.05. The summed E-state index contributed by atoms with van der Waals surface area (Å²) < 4.78 is 0. The van der Waals surface area contributed by atoms with E-state index in [9.17, 15) is 19.5 Å². The third-order valence-electron chi connectivity index (χ3n) is 6.43. The average Bonchev–Trinajstić information content (AvgIpc) is 3.42. The Hall–Kier alpha value is -2.82. The van der Waals surface area contributed by atoms with Gasteiger partial charge in [0, 0.05) is 25.9 Å². The van der Waals surface area contributed by atoms with Crippen LogP contribution in [0.2, 0.25) is 0 Å². The van der Waals surface area contributed by atoms with E-state index >= 15 is 0 Å². The predicted octanol–water partition coefficient (Wildman–Crippen LogP) is 2.14. The van der Waals surface area contributed by atoms with Crippen molar-refractivity contribution in [3.63, 3.8) is 0 Å². The highest BCUT2D eigenvalue weighted by molar-refractivity contribution is 7.13. The zero-order valence-electron chi connectivity index (χ0n) is 21.6. The molecule has 1 aliphatic heterocycles. The quantitative estimate of drug-likeness (QED) is 0.425. The van der Waals surface area contributed by atoms with Crippen LogP contribution in [0.25, 0.3) is 10.4 Å². The van der Waals surface area contributed by atoms with Crippen LogP contribution >= 0.6 is 11.3 Å². The number of aromatic nitrogens is 1. The lowest BCUT2D eigenvalue weighted by Crippen LogP contribution is -2.58. The maximum Gasteiger partial charge on any atom is 0.246 e. The van der Waals surface area contributed by atoms with Crippen molar-refractivity contribution in [2.45, 2.75) is 71.7 Å². The fourth-order valence-corrected chi connectivity index (χ4v) is 5.19. The number of likely N-dealkylation sites (tertiary alicyclic amines) is 1. The average molecular weight is 516 g/mol. The maximum atomic E-state index is 13.5. The van der Waals surface area contributed by atoms with Crippen LogP contribution in [0.1, 0.15) is 57.8 Å². The summed E-state index contributed by atoms with van der Waals surface area (Å²) in [6.07, 6.45) is -0.574. The van der Waals surface area contributed by atoms with Crippen LogP contribution < -0.4 is 16.4 Å². The Kier molecular flexibility index (Phi) is 8.86. The number of β-amino-alcohol motifs (C(OH)–C–C–N with tert-alkyl or cyclic N) is 1. The zero-order valence-corrected chi connectivity index (χ0v) is 22.4. The first-order valence-corrected chi connectivity index (χ1v) is 13.1. The predicted molar refractivity (Wildman–Crippen MR) is 140 cm³/mol. The van der Waals surface area contributed by atoms with Crippen LogP contribution in [0.4, 0.5) is 0 Å².